The van der Waals surface area contributed by atoms with E-state index >= 15 is 0 Å². The fourth-order valence-electron chi connectivity index (χ4n) is 2.73. The summed E-state index contributed by atoms with van der Waals surface area (Å²) in [6.07, 6.45) is 1.24. The second kappa shape index (κ2) is 8.80. The Morgan fingerprint density at radius 2 is 1.83 bits per heavy atom. The lowest BCUT2D eigenvalue weighted by Crippen LogP contribution is -2.36. The maximum absolute atomic E-state index is 12.8. The molecule has 1 N–H and O–H groups in total. The van der Waals surface area contributed by atoms with E-state index < -0.39 is 27.4 Å². The van der Waals surface area contributed by atoms with Crippen molar-refractivity contribution in [3.63, 3.8) is 0 Å². The topological polar surface area (TPSA) is 122 Å². The van der Waals surface area contributed by atoms with Crippen molar-refractivity contribution in [3.05, 3.63) is 82.4 Å². The number of sulfonamides is 1. The van der Waals surface area contributed by atoms with Gasteiger partial charge in [-0.3, -0.25) is 14.9 Å². The van der Waals surface area contributed by atoms with Gasteiger partial charge in [0, 0.05) is 24.7 Å². The van der Waals surface area contributed by atoms with Crippen molar-refractivity contribution in [2.75, 3.05) is 13.6 Å². The summed E-state index contributed by atoms with van der Waals surface area (Å²) in [6, 6.07) is 17.8. The molecule has 0 radical (unpaired) electrons. The van der Waals surface area contributed by atoms with Crippen LogP contribution in [0.1, 0.15) is 5.56 Å². The SMILES string of the molecule is CN(CC(=O)NN=Cc1cccc([N+](=O)[O-])c1)S(=O)(=O)c1ccc2ccccc2c1. The minimum Gasteiger partial charge on any atom is -0.272 e. The summed E-state index contributed by atoms with van der Waals surface area (Å²) in [4.78, 5) is 22.4. The van der Waals surface area contributed by atoms with E-state index in [9.17, 15) is 23.3 Å². The number of likely N-dealkylation sites (N-methyl/N-ethyl adjacent to an activating group) is 1. The summed E-state index contributed by atoms with van der Waals surface area (Å²) in [5.41, 5.74) is 2.53. The van der Waals surface area contributed by atoms with E-state index in [2.05, 4.69) is 10.5 Å². The molecule has 0 atom stereocenters. The Balaban J connectivity index is 1.65. The molecular weight excluding hydrogens is 408 g/mol. The Morgan fingerprint density at radius 1 is 1.10 bits per heavy atom. The highest BCUT2D eigenvalue weighted by Crippen LogP contribution is 2.21. The predicted octanol–water partition coefficient (Wildman–Crippen LogP) is 2.52. The molecule has 154 valence electrons. The van der Waals surface area contributed by atoms with Crippen LogP contribution < -0.4 is 5.43 Å². The second-order valence-corrected chi connectivity index (χ2v) is 8.46. The monoisotopic (exact) mass is 426 g/mol. The van der Waals surface area contributed by atoms with Crippen molar-refractivity contribution in [1.82, 2.24) is 9.73 Å². The van der Waals surface area contributed by atoms with E-state index in [0.29, 0.717) is 5.56 Å². The lowest BCUT2D eigenvalue weighted by Gasteiger charge is -2.16. The molecule has 0 aromatic heterocycles. The number of nitro groups is 1. The number of carbonyl (C=O) groups is 1. The van der Waals surface area contributed by atoms with Gasteiger partial charge >= 0.3 is 0 Å². The molecule has 3 rings (SSSR count). The number of amides is 1. The number of carbonyl (C=O) groups excluding carboxylic acids is 1. The zero-order valence-corrected chi connectivity index (χ0v) is 16.7. The van der Waals surface area contributed by atoms with Crippen LogP contribution in [-0.2, 0) is 14.8 Å². The summed E-state index contributed by atoms with van der Waals surface area (Å²) < 4.78 is 26.4. The van der Waals surface area contributed by atoms with Gasteiger partial charge < -0.3 is 0 Å². The lowest BCUT2D eigenvalue weighted by atomic mass is 10.1. The molecule has 10 heteroatoms. The van der Waals surface area contributed by atoms with Gasteiger partial charge in [-0.25, -0.2) is 13.8 Å². The minimum atomic E-state index is -3.87. The van der Waals surface area contributed by atoms with E-state index in [-0.39, 0.29) is 10.6 Å². The van der Waals surface area contributed by atoms with E-state index in [0.717, 1.165) is 15.1 Å². The summed E-state index contributed by atoms with van der Waals surface area (Å²) in [6.45, 7) is -0.443. The highest BCUT2D eigenvalue weighted by molar-refractivity contribution is 7.89. The van der Waals surface area contributed by atoms with Crippen LogP contribution in [0.25, 0.3) is 10.8 Å². The zero-order chi connectivity index (χ0) is 21.7. The molecule has 0 unspecified atom stereocenters. The fourth-order valence-corrected chi connectivity index (χ4v) is 3.89. The number of hydrazone groups is 1. The smallest absolute Gasteiger partial charge is 0.270 e. The molecule has 9 nitrogen and oxygen atoms in total. The Kier molecular flexibility index (Phi) is 6.19. The Hall–Kier alpha value is -3.63. The van der Waals surface area contributed by atoms with Crippen molar-refractivity contribution < 1.29 is 18.1 Å². The number of non-ortho nitro benzene ring substituents is 1. The van der Waals surface area contributed by atoms with Crippen LogP contribution in [0.4, 0.5) is 5.69 Å². The highest BCUT2D eigenvalue weighted by Gasteiger charge is 2.23. The maximum Gasteiger partial charge on any atom is 0.270 e. The molecule has 0 bridgehead atoms. The number of nitrogens with one attached hydrogen (secondary N) is 1. The van der Waals surface area contributed by atoms with E-state index in [1.54, 1.807) is 18.2 Å². The molecule has 0 aliphatic carbocycles. The van der Waals surface area contributed by atoms with Crippen LogP contribution in [0, 0.1) is 10.1 Å². The predicted molar refractivity (Wildman–Crippen MR) is 113 cm³/mol. The van der Waals surface area contributed by atoms with E-state index in [1.807, 2.05) is 24.3 Å². The third-order valence-electron chi connectivity index (χ3n) is 4.28. The number of nitrogens with zero attached hydrogens (tertiary/aromatic N) is 3. The number of hydrogen-bond donors (Lipinski definition) is 1. The summed E-state index contributed by atoms with van der Waals surface area (Å²) in [5, 5.41) is 16.2. The second-order valence-electron chi connectivity index (χ2n) is 6.42. The minimum absolute atomic E-state index is 0.0802. The van der Waals surface area contributed by atoms with Gasteiger partial charge in [-0.15, -0.1) is 0 Å². The summed E-state index contributed by atoms with van der Waals surface area (Å²) in [7, 11) is -2.57. The Morgan fingerprint density at radius 3 is 2.57 bits per heavy atom. The van der Waals surface area contributed by atoms with Gasteiger partial charge in [0.05, 0.1) is 22.6 Å². The van der Waals surface area contributed by atoms with Crippen LogP contribution in [0.5, 0.6) is 0 Å². The standard InChI is InChI=1S/C20H18N4O5S/c1-23(30(28,29)19-10-9-16-6-2-3-7-17(16)12-19)14-20(25)22-21-13-15-5-4-8-18(11-15)24(26)27/h2-13H,14H2,1H3,(H,22,25). The van der Waals surface area contributed by atoms with Crippen molar-refractivity contribution >= 4 is 38.6 Å². The molecule has 1 amide bonds. The van der Waals surface area contributed by atoms with Crippen LogP contribution in [0.15, 0.2) is 76.7 Å². The van der Waals surface area contributed by atoms with Gasteiger partial charge in [-0.1, -0.05) is 42.5 Å². The average Bonchev–Trinajstić information content (AvgIpc) is 2.73. The summed E-state index contributed by atoms with van der Waals surface area (Å²) >= 11 is 0. The zero-order valence-electron chi connectivity index (χ0n) is 15.9. The quantitative estimate of drug-likeness (QED) is 0.353. The molecule has 0 saturated heterocycles. The Labute approximate surface area is 172 Å². The first-order chi connectivity index (χ1) is 14.3. The van der Waals surface area contributed by atoms with Crippen LogP contribution >= 0.6 is 0 Å². The number of hydrogen-bond acceptors (Lipinski definition) is 6. The molecule has 0 fully saturated rings. The van der Waals surface area contributed by atoms with Gasteiger partial charge in [-0.2, -0.15) is 9.41 Å². The lowest BCUT2D eigenvalue weighted by molar-refractivity contribution is -0.384. The number of benzene rings is 3. The van der Waals surface area contributed by atoms with Crippen molar-refractivity contribution in [1.29, 1.82) is 0 Å². The van der Waals surface area contributed by atoms with Crippen LogP contribution in [0.2, 0.25) is 0 Å². The van der Waals surface area contributed by atoms with Gasteiger partial charge in [0.15, 0.2) is 0 Å². The molecule has 3 aromatic rings. The molecular formula is C20H18N4O5S. The molecule has 0 spiro atoms. The number of fused-ring (bicyclic) bond motifs is 1. The molecule has 30 heavy (non-hydrogen) atoms. The highest BCUT2D eigenvalue weighted by atomic mass is 32.2. The Bertz CT molecular complexity index is 1240. The van der Waals surface area contributed by atoms with Gasteiger partial charge in [0.1, 0.15) is 0 Å². The molecule has 0 aliphatic heterocycles. The third kappa shape index (κ3) is 4.85. The third-order valence-corrected chi connectivity index (χ3v) is 6.08. The van der Waals surface area contributed by atoms with Crippen molar-refractivity contribution in [3.8, 4) is 0 Å². The van der Waals surface area contributed by atoms with E-state index in [1.165, 1.54) is 37.5 Å². The van der Waals surface area contributed by atoms with Gasteiger partial charge in [0.25, 0.3) is 11.6 Å². The first-order valence-electron chi connectivity index (χ1n) is 8.79. The molecule has 0 heterocycles. The normalized spacial score (nSPS) is 11.8. The van der Waals surface area contributed by atoms with E-state index in [4.69, 9.17) is 0 Å². The number of nitro benzene ring substituents is 1. The van der Waals surface area contributed by atoms with Gasteiger partial charge in [-0.05, 0) is 22.9 Å². The van der Waals surface area contributed by atoms with Crippen LogP contribution in [-0.4, -0.2) is 43.4 Å². The summed E-state index contributed by atoms with van der Waals surface area (Å²) in [5.74, 6) is -0.649. The van der Waals surface area contributed by atoms with Crippen LogP contribution in [0.3, 0.4) is 0 Å². The molecule has 0 aliphatic rings. The maximum atomic E-state index is 12.8. The molecule has 0 saturated carbocycles. The largest absolute Gasteiger partial charge is 0.272 e. The molecule has 3 aromatic carbocycles. The van der Waals surface area contributed by atoms with Crippen molar-refractivity contribution in [2.45, 2.75) is 4.90 Å². The average molecular weight is 426 g/mol. The van der Waals surface area contributed by atoms with Gasteiger partial charge in [0.2, 0.25) is 10.0 Å². The first-order valence-corrected chi connectivity index (χ1v) is 10.2. The fraction of sp³-hybridized carbons (Fsp3) is 0.100. The van der Waals surface area contributed by atoms with Crippen molar-refractivity contribution in [2.24, 2.45) is 5.10 Å². The number of rotatable bonds is 7. The first kappa shape index (κ1) is 21.1.